The van der Waals surface area contributed by atoms with Crippen molar-refractivity contribution in [2.45, 2.75) is 12.8 Å². The summed E-state index contributed by atoms with van der Waals surface area (Å²) in [6, 6.07) is 6.88. The molecule has 0 radical (unpaired) electrons. The lowest BCUT2D eigenvalue weighted by atomic mass is 9.98. The molecule has 0 bridgehead atoms. The van der Waals surface area contributed by atoms with Crippen LogP contribution in [0.5, 0.6) is 0 Å². The van der Waals surface area contributed by atoms with Gasteiger partial charge in [-0.25, -0.2) is 0 Å². The number of benzene rings is 1. The second kappa shape index (κ2) is 3.84. The van der Waals surface area contributed by atoms with Crippen LogP contribution in [0.3, 0.4) is 0 Å². The fourth-order valence-corrected chi connectivity index (χ4v) is 2.29. The van der Waals surface area contributed by atoms with Gasteiger partial charge in [-0.15, -0.1) is 0 Å². The highest BCUT2D eigenvalue weighted by atomic mass is 16.2. The van der Waals surface area contributed by atoms with Crippen molar-refractivity contribution in [3.05, 3.63) is 59.2 Å². The molecule has 0 fully saturated rings. The summed E-state index contributed by atoms with van der Waals surface area (Å²) in [5.41, 5.74) is 2.05. The van der Waals surface area contributed by atoms with Crippen LogP contribution in [0.1, 0.15) is 38.0 Å². The van der Waals surface area contributed by atoms with Gasteiger partial charge in [0.25, 0.3) is 0 Å². The van der Waals surface area contributed by atoms with E-state index in [2.05, 4.69) is 9.97 Å². The van der Waals surface area contributed by atoms with Crippen LogP contribution < -0.4 is 0 Å². The van der Waals surface area contributed by atoms with Gasteiger partial charge in [-0.1, -0.05) is 24.3 Å². The molecule has 0 amide bonds. The lowest BCUT2D eigenvalue weighted by molar-refractivity contribution is 0.0887. The van der Waals surface area contributed by atoms with E-state index >= 15 is 0 Å². The minimum absolute atomic E-state index is 0.181. The fraction of sp³-hybridized carbons (Fsp3) is 0.143. The van der Waals surface area contributed by atoms with E-state index < -0.39 is 5.92 Å². The number of aryl methyl sites for hydroxylation is 1. The number of carbonyl (C=O) groups is 2. The maximum absolute atomic E-state index is 12.3. The van der Waals surface area contributed by atoms with Crippen LogP contribution in [-0.4, -0.2) is 21.5 Å². The summed E-state index contributed by atoms with van der Waals surface area (Å²) in [7, 11) is 0. The van der Waals surface area contributed by atoms with Gasteiger partial charge in [-0.05, 0) is 6.92 Å². The topological polar surface area (TPSA) is 59.9 Å². The van der Waals surface area contributed by atoms with Crippen molar-refractivity contribution in [1.82, 2.24) is 9.97 Å². The van der Waals surface area contributed by atoms with Crippen molar-refractivity contribution < 1.29 is 9.59 Å². The van der Waals surface area contributed by atoms with Crippen LogP contribution in [0, 0.1) is 6.92 Å². The molecule has 18 heavy (non-hydrogen) atoms. The molecule has 0 atom stereocenters. The highest BCUT2D eigenvalue weighted by Gasteiger charge is 2.41. The molecule has 1 aromatic heterocycles. The number of nitrogens with zero attached hydrogens (tertiary/aromatic N) is 2. The Kier molecular flexibility index (Phi) is 2.30. The summed E-state index contributed by atoms with van der Waals surface area (Å²) in [6.07, 6.45) is 3.06. The Labute approximate surface area is 104 Å². The largest absolute Gasteiger partial charge is 0.293 e. The van der Waals surface area contributed by atoms with Crippen LogP contribution in [0.2, 0.25) is 0 Å². The van der Waals surface area contributed by atoms with Gasteiger partial charge >= 0.3 is 0 Å². The maximum atomic E-state index is 12.3. The predicted octanol–water partition coefficient (Wildman–Crippen LogP) is 1.95. The predicted molar refractivity (Wildman–Crippen MR) is 64.6 cm³/mol. The summed E-state index contributed by atoms with van der Waals surface area (Å²) in [4.78, 5) is 32.8. The van der Waals surface area contributed by atoms with E-state index in [1.54, 1.807) is 37.4 Å². The molecule has 4 heteroatoms. The first-order valence-corrected chi connectivity index (χ1v) is 5.65. The SMILES string of the molecule is Cc1nccnc1C1C(=O)c2ccccc2C1=O. The van der Waals surface area contributed by atoms with Crippen LogP contribution in [0.15, 0.2) is 36.7 Å². The molecule has 0 spiro atoms. The van der Waals surface area contributed by atoms with Gasteiger partial charge in [-0.3, -0.25) is 19.6 Å². The van der Waals surface area contributed by atoms with Crippen molar-refractivity contribution in [2.75, 3.05) is 0 Å². The van der Waals surface area contributed by atoms with E-state index in [0.717, 1.165) is 0 Å². The van der Waals surface area contributed by atoms with Gasteiger partial charge < -0.3 is 0 Å². The van der Waals surface area contributed by atoms with Crippen LogP contribution in [0.4, 0.5) is 0 Å². The molecule has 3 rings (SSSR count). The number of hydrogen-bond donors (Lipinski definition) is 0. The average Bonchev–Trinajstić information content (AvgIpc) is 2.64. The van der Waals surface area contributed by atoms with Crippen LogP contribution in [-0.2, 0) is 0 Å². The molecule has 0 saturated carbocycles. The van der Waals surface area contributed by atoms with E-state index in [0.29, 0.717) is 22.5 Å². The van der Waals surface area contributed by atoms with Crippen molar-refractivity contribution in [3.8, 4) is 0 Å². The quantitative estimate of drug-likeness (QED) is 0.712. The van der Waals surface area contributed by atoms with Gasteiger partial charge in [0.05, 0.1) is 11.4 Å². The number of aromatic nitrogens is 2. The molecule has 0 aliphatic heterocycles. The second-order valence-electron chi connectivity index (χ2n) is 4.23. The first-order valence-electron chi connectivity index (χ1n) is 5.65. The Morgan fingerprint density at radius 3 is 2.06 bits per heavy atom. The third kappa shape index (κ3) is 1.39. The van der Waals surface area contributed by atoms with Gasteiger partial charge in [-0.2, -0.15) is 0 Å². The van der Waals surface area contributed by atoms with Gasteiger partial charge in [0.1, 0.15) is 5.92 Å². The first-order chi connectivity index (χ1) is 8.70. The zero-order valence-corrected chi connectivity index (χ0v) is 9.75. The monoisotopic (exact) mass is 238 g/mol. The maximum Gasteiger partial charge on any atom is 0.180 e. The van der Waals surface area contributed by atoms with Crippen molar-refractivity contribution in [1.29, 1.82) is 0 Å². The van der Waals surface area contributed by atoms with Crippen molar-refractivity contribution in [3.63, 3.8) is 0 Å². The first kappa shape index (κ1) is 10.8. The summed E-state index contributed by atoms with van der Waals surface area (Å²) < 4.78 is 0. The molecule has 1 aliphatic carbocycles. The Balaban J connectivity index is 2.16. The van der Waals surface area contributed by atoms with Gasteiger partial charge in [0, 0.05) is 23.5 Å². The minimum atomic E-state index is -0.823. The molecule has 1 heterocycles. The Morgan fingerprint density at radius 1 is 0.944 bits per heavy atom. The number of ketones is 2. The third-order valence-electron chi connectivity index (χ3n) is 3.17. The zero-order chi connectivity index (χ0) is 12.7. The number of fused-ring (bicyclic) bond motifs is 1. The standard InChI is InChI=1S/C14H10N2O2/c1-8-12(16-7-6-15-8)11-13(17)9-4-2-3-5-10(9)14(11)18/h2-7,11H,1H3. The molecular weight excluding hydrogens is 228 g/mol. The average molecular weight is 238 g/mol. The molecule has 1 aromatic carbocycles. The van der Waals surface area contributed by atoms with E-state index in [4.69, 9.17) is 0 Å². The fourth-order valence-electron chi connectivity index (χ4n) is 2.29. The molecule has 1 aliphatic rings. The Morgan fingerprint density at radius 2 is 1.50 bits per heavy atom. The number of hydrogen-bond acceptors (Lipinski definition) is 4. The molecule has 0 saturated heterocycles. The molecule has 4 nitrogen and oxygen atoms in total. The normalized spacial score (nSPS) is 14.9. The molecule has 2 aromatic rings. The van der Waals surface area contributed by atoms with E-state index in [-0.39, 0.29) is 11.6 Å². The highest BCUT2D eigenvalue weighted by molar-refractivity contribution is 6.29. The lowest BCUT2D eigenvalue weighted by Gasteiger charge is -2.07. The van der Waals surface area contributed by atoms with Crippen LogP contribution >= 0.6 is 0 Å². The number of carbonyl (C=O) groups excluding carboxylic acids is 2. The summed E-state index contributed by atoms with van der Waals surface area (Å²) in [5.74, 6) is -1.19. The third-order valence-corrected chi connectivity index (χ3v) is 3.17. The highest BCUT2D eigenvalue weighted by Crippen LogP contribution is 2.33. The summed E-state index contributed by atoms with van der Waals surface area (Å²) in [5, 5.41) is 0. The summed E-state index contributed by atoms with van der Waals surface area (Å²) >= 11 is 0. The number of rotatable bonds is 1. The van der Waals surface area contributed by atoms with E-state index in [1.165, 1.54) is 6.20 Å². The van der Waals surface area contributed by atoms with E-state index in [9.17, 15) is 9.59 Å². The Bertz CT molecular complexity index is 629. The minimum Gasteiger partial charge on any atom is -0.293 e. The van der Waals surface area contributed by atoms with Gasteiger partial charge in [0.2, 0.25) is 0 Å². The molecule has 0 unspecified atom stereocenters. The smallest absolute Gasteiger partial charge is 0.180 e. The zero-order valence-electron chi connectivity index (χ0n) is 9.75. The van der Waals surface area contributed by atoms with Crippen LogP contribution in [0.25, 0.3) is 0 Å². The lowest BCUT2D eigenvalue weighted by Crippen LogP contribution is -2.16. The summed E-state index contributed by atoms with van der Waals surface area (Å²) in [6.45, 7) is 1.76. The Hall–Kier alpha value is -2.36. The molecular formula is C14H10N2O2. The molecule has 0 N–H and O–H groups in total. The second-order valence-corrected chi connectivity index (χ2v) is 4.23. The van der Waals surface area contributed by atoms with Crippen molar-refractivity contribution >= 4 is 11.6 Å². The van der Waals surface area contributed by atoms with Crippen molar-refractivity contribution in [2.24, 2.45) is 0 Å². The number of Topliss-reactive ketones (excluding diaryl/α,β-unsaturated/α-hetero) is 2. The van der Waals surface area contributed by atoms with E-state index in [1.807, 2.05) is 0 Å². The molecule has 88 valence electrons. The van der Waals surface area contributed by atoms with Gasteiger partial charge in [0.15, 0.2) is 11.6 Å².